The zero-order chi connectivity index (χ0) is 17.5. The highest BCUT2D eigenvalue weighted by Gasteiger charge is 2.08. The van der Waals surface area contributed by atoms with Crippen molar-refractivity contribution in [3.63, 3.8) is 0 Å². The minimum absolute atomic E-state index is 0.0274. The molecule has 2 heterocycles. The van der Waals surface area contributed by atoms with Crippen LogP contribution in [0.4, 0.5) is 5.69 Å². The number of benzene rings is 1. The summed E-state index contributed by atoms with van der Waals surface area (Å²) in [6.07, 6.45) is 3.72. The molecule has 0 radical (unpaired) electrons. The van der Waals surface area contributed by atoms with E-state index < -0.39 is 0 Å². The van der Waals surface area contributed by atoms with Crippen LogP contribution in [0, 0.1) is 0 Å². The van der Waals surface area contributed by atoms with Crippen molar-refractivity contribution in [2.24, 2.45) is 0 Å². The lowest BCUT2D eigenvalue weighted by Crippen LogP contribution is -2.24. The number of H-pyrrole nitrogens is 1. The minimum Gasteiger partial charge on any atom is -0.325 e. The Morgan fingerprint density at radius 1 is 1.28 bits per heavy atom. The van der Waals surface area contributed by atoms with Crippen LogP contribution in [-0.4, -0.2) is 50.0 Å². The standard InChI is InChI=1S/C17H19N7O/c1-24(9-7-16(25)19-15-6-3-8-18-11-15)12-13-4-2-5-14(10-13)17-20-22-23-21-17/h2-6,8,10-11H,7,9,12H2,1H3,(H,19,25)(H,20,21,22,23). The maximum atomic E-state index is 12.0. The molecule has 1 aromatic carbocycles. The number of amides is 1. The van der Waals surface area contributed by atoms with Crippen LogP contribution in [0.2, 0.25) is 0 Å². The lowest BCUT2D eigenvalue weighted by molar-refractivity contribution is -0.116. The smallest absolute Gasteiger partial charge is 0.225 e. The van der Waals surface area contributed by atoms with Crippen LogP contribution in [0.3, 0.4) is 0 Å². The Hall–Kier alpha value is -3.13. The Balaban J connectivity index is 1.50. The fraction of sp³-hybridized carbons (Fsp3) is 0.235. The van der Waals surface area contributed by atoms with Gasteiger partial charge in [-0.1, -0.05) is 18.2 Å². The molecule has 0 spiro atoms. The van der Waals surface area contributed by atoms with E-state index in [1.54, 1.807) is 18.5 Å². The quantitative estimate of drug-likeness (QED) is 0.681. The van der Waals surface area contributed by atoms with E-state index in [1.165, 1.54) is 0 Å². The second-order valence-electron chi connectivity index (χ2n) is 5.71. The molecule has 8 nitrogen and oxygen atoms in total. The number of carbonyl (C=O) groups excluding carboxylic acids is 1. The normalized spacial score (nSPS) is 10.8. The fourth-order valence-electron chi connectivity index (χ4n) is 2.44. The van der Waals surface area contributed by atoms with Gasteiger partial charge in [0, 0.05) is 31.3 Å². The molecular formula is C17H19N7O. The maximum absolute atomic E-state index is 12.0. The maximum Gasteiger partial charge on any atom is 0.225 e. The number of hydrogen-bond donors (Lipinski definition) is 2. The SMILES string of the molecule is CN(CCC(=O)Nc1cccnc1)Cc1cccc(-c2nn[nH]n2)c1. The summed E-state index contributed by atoms with van der Waals surface area (Å²) >= 11 is 0. The average Bonchev–Trinajstić information content (AvgIpc) is 3.16. The number of tetrazole rings is 1. The number of pyridine rings is 1. The molecule has 8 heteroatoms. The van der Waals surface area contributed by atoms with Crippen molar-refractivity contribution in [1.82, 2.24) is 30.5 Å². The summed E-state index contributed by atoms with van der Waals surface area (Å²) in [5.41, 5.74) is 2.74. The summed E-state index contributed by atoms with van der Waals surface area (Å²) < 4.78 is 0. The third kappa shape index (κ3) is 4.92. The van der Waals surface area contributed by atoms with Crippen LogP contribution in [0.25, 0.3) is 11.4 Å². The first-order valence-electron chi connectivity index (χ1n) is 7.92. The van der Waals surface area contributed by atoms with Crippen LogP contribution < -0.4 is 5.32 Å². The molecule has 0 unspecified atom stereocenters. The van der Waals surface area contributed by atoms with Gasteiger partial charge in [-0.25, -0.2) is 0 Å². The number of nitrogens with one attached hydrogen (secondary N) is 2. The Kier molecular flexibility index (Phi) is 5.43. The van der Waals surface area contributed by atoms with Crippen LogP contribution in [0.15, 0.2) is 48.8 Å². The summed E-state index contributed by atoms with van der Waals surface area (Å²) in [6, 6.07) is 11.6. The first-order valence-corrected chi connectivity index (χ1v) is 7.92. The highest BCUT2D eigenvalue weighted by molar-refractivity contribution is 5.90. The summed E-state index contributed by atoms with van der Waals surface area (Å²) in [4.78, 5) is 18.1. The number of rotatable bonds is 7. The van der Waals surface area contributed by atoms with Crippen LogP contribution >= 0.6 is 0 Å². The monoisotopic (exact) mass is 337 g/mol. The van der Waals surface area contributed by atoms with E-state index >= 15 is 0 Å². The van der Waals surface area contributed by atoms with Gasteiger partial charge in [-0.15, -0.1) is 10.2 Å². The van der Waals surface area contributed by atoms with Gasteiger partial charge >= 0.3 is 0 Å². The predicted molar refractivity (Wildman–Crippen MR) is 93.4 cm³/mol. The minimum atomic E-state index is -0.0274. The number of aromatic amines is 1. The Morgan fingerprint density at radius 2 is 2.20 bits per heavy atom. The molecule has 1 amide bonds. The highest BCUT2D eigenvalue weighted by Crippen LogP contribution is 2.16. The van der Waals surface area contributed by atoms with E-state index in [0.717, 1.165) is 17.7 Å². The second-order valence-corrected chi connectivity index (χ2v) is 5.71. The van der Waals surface area contributed by atoms with Gasteiger partial charge in [0.2, 0.25) is 11.7 Å². The Labute approximate surface area is 145 Å². The molecule has 0 aliphatic carbocycles. The van der Waals surface area contributed by atoms with E-state index in [4.69, 9.17) is 0 Å². The van der Waals surface area contributed by atoms with Crippen LogP contribution in [0.5, 0.6) is 0 Å². The predicted octanol–water partition coefficient (Wildman–Crippen LogP) is 1.72. The molecule has 2 aromatic heterocycles. The molecule has 0 bridgehead atoms. The van der Waals surface area contributed by atoms with Gasteiger partial charge in [0.1, 0.15) is 0 Å². The summed E-state index contributed by atoms with van der Waals surface area (Å²) in [6.45, 7) is 1.38. The van der Waals surface area contributed by atoms with Crippen molar-refractivity contribution >= 4 is 11.6 Å². The Bertz CT molecular complexity index is 805. The van der Waals surface area contributed by atoms with Crippen molar-refractivity contribution < 1.29 is 4.79 Å². The summed E-state index contributed by atoms with van der Waals surface area (Å²) in [7, 11) is 1.98. The topological polar surface area (TPSA) is 99.7 Å². The third-order valence-corrected chi connectivity index (χ3v) is 3.65. The first kappa shape index (κ1) is 16.7. The van der Waals surface area contributed by atoms with Gasteiger partial charge in [0.05, 0.1) is 11.9 Å². The summed E-state index contributed by atoms with van der Waals surface area (Å²) in [5.74, 6) is 0.542. The van der Waals surface area contributed by atoms with Gasteiger partial charge < -0.3 is 10.2 Å². The largest absolute Gasteiger partial charge is 0.325 e. The molecule has 0 aliphatic rings. The van der Waals surface area contributed by atoms with Gasteiger partial charge in [0.15, 0.2) is 0 Å². The molecule has 0 saturated carbocycles. The van der Waals surface area contributed by atoms with E-state index in [0.29, 0.717) is 24.5 Å². The second kappa shape index (κ2) is 8.11. The van der Waals surface area contributed by atoms with Gasteiger partial charge in [-0.2, -0.15) is 5.21 Å². The lowest BCUT2D eigenvalue weighted by Gasteiger charge is -2.16. The van der Waals surface area contributed by atoms with Crippen molar-refractivity contribution in [2.45, 2.75) is 13.0 Å². The van der Waals surface area contributed by atoms with Crippen LogP contribution in [0.1, 0.15) is 12.0 Å². The molecule has 128 valence electrons. The highest BCUT2D eigenvalue weighted by atomic mass is 16.1. The van der Waals surface area contributed by atoms with Gasteiger partial charge in [-0.05, 0) is 36.0 Å². The third-order valence-electron chi connectivity index (χ3n) is 3.65. The van der Waals surface area contributed by atoms with Gasteiger partial charge in [-0.3, -0.25) is 9.78 Å². The Morgan fingerprint density at radius 3 is 2.96 bits per heavy atom. The van der Waals surface area contributed by atoms with E-state index in [2.05, 4.69) is 35.8 Å². The fourth-order valence-corrected chi connectivity index (χ4v) is 2.44. The zero-order valence-corrected chi connectivity index (χ0v) is 13.9. The number of hydrogen-bond acceptors (Lipinski definition) is 6. The van der Waals surface area contributed by atoms with Crippen molar-refractivity contribution in [2.75, 3.05) is 18.9 Å². The molecule has 3 aromatic rings. The number of aromatic nitrogens is 5. The van der Waals surface area contributed by atoms with Crippen molar-refractivity contribution in [3.8, 4) is 11.4 Å². The molecule has 0 fully saturated rings. The zero-order valence-electron chi connectivity index (χ0n) is 13.9. The number of nitrogens with zero attached hydrogens (tertiary/aromatic N) is 5. The summed E-state index contributed by atoms with van der Waals surface area (Å²) in [5, 5.41) is 16.8. The molecule has 0 saturated heterocycles. The number of carbonyl (C=O) groups is 1. The van der Waals surface area contributed by atoms with E-state index in [1.807, 2.05) is 37.4 Å². The molecule has 3 rings (SSSR count). The average molecular weight is 337 g/mol. The first-order chi connectivity index (χ1) is 12.2. The van der Waals surface area contributed by atoms with Crippen molar-refractivity contribution in [3.05, 3.63) is 54.4 Å². The molecule has 2 N–H and O–H groups in total. The molecule has 25 heavy (non-hydrogen) atoms. The van der Waals surface area contributed by atoms with Crippen molar-refractivity contribution in [1.29, 1.82) is 0 Å². The van der Waals surface area contributed by atoms with E-state index in [-0.39, 0.29) is 5.91 Å². The van der Waals surface area contributed by atoms with Crippen LogP contribution in [-0.2, 0) is 11.3 Å². The molecular weight excluding hydrogens is 318 g/mol. The lowest BCUT2D eigenvalue weighted by atomic mass is 10.1. The van der Waals surface area contributed by atoms with Gasteiger partial charge in [0.25, 0.3) is 0 Å². The van der Waals surface area contributed by atoms with E-state index in [9.17, 15) is 4.79 Å². The molecule has 0 aliphatic heterocycles. The number of anilines is 1. The molecule has 0 atom stereocenters.